The van der Waals surface area contributed by atoms with Gasteiger partial charge in [0.25, 0.3) is 0 Å². The van der Waals surface area contributed by atoms with Crippen molar-refractivity contribution in [1.29, 1.82) is 0 Å². The number of carbonyl (C=O) groups excluding carboxylic acids is 3. The van der Waals surface area contributed by atoms with Crippen molar-refractivity contribution < 1.29 is 14.4 Å². The van der Waals surface area contributed by atoms with Crippen LogP contribution in [0.2, 0.25) is 0 Å². The summed E-state index contributed by atoms with van der Waals surface area (Å²) >= 11 is 0. The lowest BCUT2D eigenvalue weighted by molar-refractivity contribution is -0.148. The summed E-state index contributed by atoms with van der Waals surface area (Å²) in [4.78, 5) is 42.0. The average Bonchev–Trinajstić information content (AvgIpc) is 2.54. The van der Waals surface area contributed by atoms with E-state index in [0.29, 0.717) is 24.1 Å². The molecule has 1 aromatic heterocycles. The number of anilines is 1. The number of carbonyl (C=O) groups is 3. The molecule has 1 aromatic rings. The maximum absolute atomic E-state index is 12.7. The number of pyridine rings is 1. The Balaban J connectivity index is 1.70. The molecular weight excluding hydrogens is 320 g/mol. The van der Waals surface area contributed by atoms with E-state index in [1.165, 1.54) is 24.9 Å². The lowest BCUT2D eigenvalue weighted by Crippen LogP contribution is -2.54. The van der Waals surface area contributed by atoms with E-state index in [-0.39, 0.29) is 11.6 Å². The van der Waals surface area contributed by atoms with Crippen molar-refractivity contribution in [2.75, 3.05) is 11.9 Å². The van der Waals surface area contributed by atoms with Crippen LogP contribution in [0.4, 0.5) is 5.69 Å². The molecular formula is C18H24N4O3. The number of amides is 3. The molecule has 1 saturated heterocycles. The van der Waals surface area contributed by atoms with Gasteiger partial charge in [0.2, 0.25) is 5.91 Å². The van der Waals surface area contributed by atoms with Gasteiger partial charge in [0.05, 0.1) is 17.4 Å². The van der Waals surface area contributed by atoms with Gasteiger partial charge >= 0.3 is 11.8 Å². The number of primary amides is 1. The number of nitrogens with one attached hydrogen (secondary N) is 1. The second-order valence-electron chi connectivity index (χ2n) is 7.18. The Labute approximate surface area is 147 Å². The zero-order chi connectivity index (χ0) is 18.0. The highest BCUT2D eigenvalue weighted by atomic mass is 16.2. The number of hydrogen-bond donors (Lipinski definition) is 2. The Morgan fingerprint density at radius 1 is 1.20 bits per heavy atom. The minimum absolute atomic E-state index is 0.165. The third-order valence-corrected chi connectivity index (χ3v) is 5.29. The first-order valence-electron chi connectivity index (χ1n) is 8.82. The summed E-state index contributed by atoms with van der Waals surface area (Å²) in [7, 11) is 0. The van der Waals surface area contributed by atoms with E-state index >= 15 is 0 Å². The maximum Gasteiger partial charge on any atom is 0.313 e. The van der Waals surface area contributed by atoms with Gasteiger partial charge in [-0.3, -0.25) is 19.4 Å². The fourth-order valence-corrected chi connectivity index (χ4v) is 3.68. The topological polar surface area (TPSA) is 105 Å². The lowest BCUT2D eigenvalue weighted by Gasteiger charge is -2.45. The minimum Gasteiger partial charge on any atom is -0.366 e. The summed E-state index contributed by atoms with van der Waals surface area (Å²) in [5.74, 6) is -0.920. The van der Waals surface area contributed by atoms with E-state index in [1.54, 1.807) is 4.90 Å². The van der Waals surface area contributed by atoms with Crippen molar-refractivity contribution in [2.45, 2.75) is 45.1 Å². The highest BCUT2D eigenvalue weighted by Gasteiger charge is 2.39. The molecule has 0 spiro atoms. The minimum atomic E-state index is -0.693. The fourth-order valence-electron chi connectivity index (χ4n) is 3.68. The van der Waals surface area contributed by atoms with Crippen LogP contribution in [0.5, 0.6) is 0 Å². The van der Waals surface area contributed by atoms with Crippen LogP contribution >= 0.6 is 0 Å². The van der Waals surface area contributed by atoms with Gasteiger partial charge < -0.3 is 16.0 Å². The van der Waals surface area contributed by atoms with Gasteiger partial charge in [0.15, 0.2) is 0 Å². The van der Waals surface area contributed by atoms with E-state index in [1.807, 2.05) is 0 Å². The van der Waals surface area contributed by atoms with Crippen molar-refractivity contribution in [1.82, 2.24) is 9.88 Å². The number of aromatic nitrogens is 1. The van der Waals surface area contributed by atoms with Crippen molar-refractivity contribution in [3.05, 3.63) is 24.0 Å². The van der Waals surface area contributed by atoms with Gasteiger partial charge in [-0.2, -0.15) is 0 Å². The molecule has 7 heteroatoms. The highest BCUT2D eigenvalue weighted by molar-refractivity contribution is 6.39. The summed E-state index contributed by atoms with van der Waals surface area (Å²) in [6.07, 6.45) is 8.24. The van der Waals surface area contributed by atoms with Crippen LogP contribution in [0.25, 0.3) is 0 Å². The highest BCUT2D eigenvalue weighted by Crippen LogP contribution is 2.37. The molecule has 7 nitrogen and oxygen atoms in total. The number of hydrogen-bond acceptors (Lipinski definition) is 4. The smallest absolute Gasteiger partial charge is 0.313 e. The molecule has 0 bridgehead atoms. The summed E-state index contributed by atoms with van der Waals surface area (Å²) in [5.41, 5.74) is 5.69. The standard InChI is InChI=1S/C18H24N4O3/c1-11-5-6-15(12-3-2-4-12)22(10-11)18(25)17(24)21-14-7-13(16(19)23)8-20-9-14/h7-9,11-12,15H,2-6,10H2,1H3,(H2,19,23)(H,21,24)/t11-,15+/m1/s1. The molecule has 3 amide bonds. The third kappa shape index (κ3) is 3.81. The zero-order valence-corrected chi connectivity index (χ0v) is 14.4. The van der Waals surface area contributed by atoms with Crippen LogP contribution in [0.15, 0.2) is 18.5 Å². The molecule has 1 aliphatic heterocycles. The first kappa shape index (κ1) is 17.4. The first-order chi connectivity index (χ1) is 12.0. The molecule has 0 unspecified atom stereocenters. The molecule has 0 radical (unpaired) electrons. The Hall–Kier alpha value is -2.44. The van der Waals surface area contributed by atoms with Gasteiger partial charge in [-0.05, 0) is 43.6 Å². The van der Waals surface area contributed by atoms with Crippen LogP contribution in [0.3, 0.4) is 0 Å². The molecule has 2 atom stereocenters. The van der Waals surface area contributed by atoms with Crippen LogP contribution in [-0.4, -0.2) is 40.2 Å². The zero-order valence-electron chi connectivity index (χ0n) is 14.4. The molecule has 2 heterocycles. The molecule has 0 aromatic carbocycles. The van der Waals surface area contributed by atoms with Crippen molar-refractivity contribution in [3.63, 3.8) is 0 Å². The van der Waals surface area contributed by atoms with E-state index in [2.05, 4.69) is 17.2 Å². The summed E-state index contributed by atoms with van der Waals surface area (Å²) in [6, 6.07) is 1.58. The number of rotatable bonds is 3. The summed E-state index contributed by atoms with van der Waals surface area (Å²) in [6.45, 7) is 2.72. The van der Waals surface area contributed by atoms with Gasteiger partial charge in [-0.1, -0.05) is 13.3 Å². The molecule has 3 rings (SSSR count). The van der Waals surface area contributed by atoms with Crippen LogP contribution in [-0.2, 0) is 9.59 Å². The number of nitrogens with two attached hydrogens (primary N) is 1. The average molecular weight is 344 g/mol. The Morgan fingerprint density at radius 3 is 2.60 bits per heavy atom. The van der Waals surface area contributed by atoms with Crippen LogP contribution in [0.1, 0.15) is 49.4 Å². The summed E-state index contributed by atoms with van der Waals surface area (Å²) < 4.78 is 0. The quantitative estimate of drug-likeness (QED) is 0.811. The van der Waals surface area contributed by atoms with Crippen molar-refractivity contribution in [2.24, 2.45) is 17.6 Å². The van der Waals surface area contributed by atoms with E-state index in [0.717, 1.165) is 25.7 Å². The number of nitrogens with zero attached hydrogens (tertiary/aromatic N) is 2. The van der Waals surface area contributed by atoms with E-state index < -0.39 is 17.7 Å². The predicted molar refractivity (Wildman–Crippen MR) is 92.6 cm³/mol. The molecule has 1 saturated carbocycles. The van der Waals surface area contributed by atoms with Crippen LogP contribution in [0, 0.1) is 11.8 Å². The van der Waals surface area contributed by atoms with E-state index in [4.69, 9.17) is 5.73 Å². The maximum atomic E-state index is 12.7. The van der Waals surface area contributed by atoms with E-state index in [9.17, 15) is 14.4 Å². The van der Waals surface area contributed by atoms with Crippen molar-refractivity contribution in [3.8, 4) is 0 Å². The second-order valence-corrected chi connectivity index (χ2v) is 7.18. The fraction of sp³-hybridized carbons (Fsp3) is 0.556. The van der Waals surface area contributed by atoms with Gasteiger partial charge in [-0.15, -0.1) is 0 Å². The molecule has 3 N–H and O–H groups in total. The van der Waals surface area contributed by atoms with Gasteiger partial charge in [-0.25, -0.2) is 0 Å². The van der Waals surface area contributed by atoms with Gasteiger partial charge in [0, 0.05) is 18.8 Å². The Bertz CT molecular complexity index is 687. The van der Waals surface area contributed by atoms with Crippen LogP contribution < -0.4 is 11.1 Å². The van der Waals surface area contributed by atoms with Gasteiger partial charge in [0.1, 0.15) is 0 Å². The largest absolute Gasteiger partial charge is 0.366 e. The molecule has 2 aliphatic rings. The normalized spacial score (nSPS) is 23.6. The molecule has 134 valence electrons. The SMILES string of the molecule is C[C@@H]1CC[C@@H](C2CCC2)N(C(=O)C(=O)Nc2cncc(C(N)=O)c2)C1. The molecule has 1 aliphatic carbocycles. The molecule has 25 heavy (non-hydrogen) atoms. The Morgan fingerprint density at radius 2 is 1.96 bits per heavy atom. The van der Waals surface area contributed by atoms with Crippen molar-refractivity contribution >= 4 is 23.4 Å². The number of piperidine rings is 1. The monoisotopic (exact) mass is 344 g/mol. The number of likely N-dealkylation sites (tertiary alicyclic amines) is 1. The predicted octanol–water partition coefficient (Wildman–Crippen LogP) is 1.55. The first-order valence-corrected chi connectivity index (χ1v) is 8.82. The Kier molecular flexibility index (Phi) is 5.01. The molecule has 2 fully saturated rings. The third-order valence-electron chi connectivity index (χ3n) is 5.29. The summed E-state index contributed by atoms with van der Waals surface area (Å²) in [5, 5.41) is 2.54. The second kappa shape index (κ2) is 7.21. The lowest BCUT2D eigenvalue weighted by atomic mass is 9.75.